The fraction of sp³-hybridized carbons (Fsp3) is 0.667. The van der Waals surface area contributed by atoms with E-state index >= 15 is 0 Å². The van der Waals surface area contributed by atoms with Gasteiger partial charge in [-0.2, -0.15) is 5.10 Å². The molecule has 1 N–H and O–H groups in total. The molecular weight excluding hydrogens is 202 g/mol. The third-order valence-corrected chi connectivity index (χ3v) is 2.84. The third-order valence-electron chi connectivity index (χ3n) is 2.84. The molecular formula is C12H21N3O. The minimum Gasteiger partial charge on any atom is -0.349 e. The van der Waals surface area contributed by atoms with Gasteiger partial charge in [0.05, 0.1) is 11.3 Å². The first-order valence-electron chi connectivity index (χ1n) is 5.78. The monoisotopic (exact) mass is 223 g/mol. The molecule has 0 unspecified atom stereocenters. The van der Waals surface area contributed by atoms with Gasteiger partial charge in [0.1, 0.15) is 0 Å². The highest BCUT2D eigenvalue weighted by Gasteiger charge is 2.18. The van der Waals surface area contributed by atoms with E-state index in [0.717, 1.165) is 24.2 Å². The topological polar surface area (TPSA) is 46.9 Å². The van der Waals surface area contributed by atoms with Crippen LogP contribution in [0.1, 0.15) is 48.4 Å². The second kappa shape index (κ2) is 5.14. The maximum atomic E-state index is 12.0. The molecule has 1 amide bonds. The molecule has 4 heteroatoms. The minimum absolute atomic E-state index is 0.0101. The summed E-state index contributed by atoms with van der Waals surface area (Å²) in [5.41, 5.74) is 2.42. The number of carbonyl (C=O) groups excluding carboxylic acids is 1. The summed E-state index contributed by atoms with van der Waals surface area (Å²) >= 11 is 0. The van der Waals surface area contributed by atoms with Crippen LogP contribution >= 0.6 is 0 Å². The van der Waals surface area contributed by atoms with Crippen molar-refractivity contribution in [1.29, 1.82) is 0 Å². The maximum absolute atomic E-state index is 12.0. The highest BCUT2D eigenvalue weighted by Crippen LogP contribution is 2.12. The van der Waals surface area contributed by atoms with E-state index in [2.05, 4.69) is 17.3 Å². The molecule has 1 atom stereocenters. The molecule has 1 aromatic heterocycles. The number of nitrogens with zero attached hydrogens (tertiary/aromatic N) is 2. The molecule has 0 saturated carbocycles. The van der Waals surface area contributed by atoms with Gasteiger partial charge < -0.3 is 5.32 Å². The third kappa shape index (κ3) is 2.62. The Hall–Kier alpha value is -1.32. The van der Waals surface area contributed by atoms with Crippen molar-refractivity contribution < 1.29 is 4.79 Å². The van der Waals surface area contributed by atoms with E-state index in [1.165, 1.54) is 0 Å². The molecule has 0 aliphatic carbocycles. The first kappa shape index (κ1) is 12.7. The molecule has 1 aromatic rings. The smallest absolute Gasteiger partial charge is 0.255 e. The van der Waals surface area contributed by atoms with Crippen molar-refractivity contribution in [3.63, 3.8) is 0 Å². The van der Waals surface area contributed by atoms with Crippen molar-refractivity contribution >= 4 is 5.91 Å². The normalized spacial score (nSPS) is 12.6. The van der Waals surface area contributed by atoms with E-state index in [1.54, 1.807) is 4.68 Å². The SMILES string of the molecule is CCC[C@H](C)NC(=O)c1c(C)nn(C)c1C. The lowest BCUT2D eigenvalue weighted by Gasteiger charge is -2.12. The lowest BCUT2D eigenvalue weighted by Crippen LogP contribution is -2.33. The lowest BCUT2D eigenvalue weighted by atomic mass is 10.1. The average Bonchev–Trinajstić information content (AvgIpc) is 2.41. The Morgan fingerprint density at radius 2 is 2.12 bits per heavy atom. The molecule has 0 radical (unpaired) electrons. The summed E-state index contributed by atoms with van der Waals surface area (Å²) < 4.78 is 1.74. The van der Waals surface area contributed by atoms with E-state index in [0.29, 0.717) is 5.56 Å². The van der Waals surface area contributed by atoms with E-state index < -0.39 is 0 Å². The Labute approximate surface area is 97.0 Å². The standard InChI is InChI=1S/C12H21N3O/c1-6-7-8(2)13-12(16)11-9(3)14-15(5)10(11)4/h8H,6-7H2,1-5H3,(H,13,16)/t8-/m0/s1. The lowest BCUT2D eigenvalue weighted by molar-refractivity contribution is 0.0937. The fourth-order valence-corrected chi connectivity index (χ4v) is 1.90. The molecule has 0 aromatic carbocycles. The molecule has 0 aliphatic rings. The number of rotatable bonds is 4. The van der Waals surface area contributed by atoms with Crippen LogP contribution in [-0.4, -0.2) is 21.7 Å². The molecule has 1 heterocycles. The van der Waals surface area contributed by atoms with Crippen LogP contribution in [0.4, 0.5) is 0 Å². The van der Waals surface area contributed by atoms with E-state index in [9.17, 15) is 4.79 Å². The van der Waals surface area contributed by atoms with Crippen molar-refractivity contribution in [2.24, 2.45) is 7.05 Å². The first-order valence-corrected chi connectivity index (χ1v) is 5.78. The Morgan fingerprint density at radius 3 is 2.56 bits per heavy atom. The van der Waals surface area contributed by atoms with Crippen LogP contribution in [0.3, 0.4) is 0 Å². The largest absolute Gasteiger partial charge is 0.349 e. The number of amides is 1. The average molecular weight is 223 g/mol. The van der Waals surface area contributed by atoms with Gasteiger partial charge >= 0.3 is 0 Å². The van der Waals surface area contributed by atoms with Gasteiger partial charge in [0.2, 0.25) is 0 Å². The molecule has 90 valence electrons. The molecule has 0 aliphatic heterocycles. The minimum atomic E-state index is -0.0101. The first-order chi connectivity index (χ1) is 7.47. The highest BCUT2D eigenvalue weighted by atomic mass is 16.1. The quantitative estimate of drug-likeness (QED) is 0.848. The summed E-state index contributed by atoms with van der Waals surface area (Å²) in [5.74, 6) is -0.0101. The summed E-state index contributed by atoms with van der Waals surface area (Å²) in [6.07, 6.45) is 2.08. The van der Waals surface area contributed by atoms with Crippen LogP contribution in [0.2, 0.25) is 0 Å². The van der Waals surface area contributed by atoms with Gasteiger partial charge in [0.25, 0.3) is 5.91 Å². The van der Waals surface area contributed by atoms with Crippen molar-refractivity contribution in [1.82, 2.24) is 15.1 Å². The summed E-state index contributed by atoms with van der Waals surface area (Å²) in [5, 5.41) is 7.24. The fourth-order valence-electron chi connectivity index (χ4n) is 1.90. The van der Waals surface area contributed by atoms with Crippen LogP contribution in [0.25, 0.3) is 0 Å². The van der Waals surface area contributed by atoms with Gasteiger partial charge in [-0.1, -0.05) is 13.3 Å². The predicted molar refractivity (Wildman–Crippen MR) is 64.5 cm³/mol. The Kier molecular flexibility index (Phi) is 4.10. The van der Waals surface area contributed by atoms with Gasteiger partial charge in [-0.25, -0.2) is 0 Å². The summed E-state index contributed by atoms with van der Waals surface area (Å²) in [4.78, 5) is 12.0. The van der Waals surface area contributed by atoms with Crippen LogP contribution < -0.4 is 5.32 Å². The molecule has 0 bridgehead atoms. The molecule has 16 heavy (non-hydrogen) atoms. The number of hydrogen-bond acceptors (Lipinski definition) is 2. The molecule has 0 saturated heterocycles. The zero-order valence-corrected chi connectivity index (χ0v) is 10.8. The number of nitrogens with one attached hydrogen (secondary N) is 1. The van der Waals surface area contributed by atoms with Gasteiger partial charge in [-0.3, -0.25) is 9.48 Å². The van der Waals surface area contributed by atoms with Crippen LogP contribution in [-0.2, 0) is 7.05 Å². The second-order valence-corrected chi connectivity index (χ2v) is 4.33. The van der Waals surface area contributed by atoms with Gasteiger partial charge in [0.15, 0.2) is 0 Å². The van der Waals surface area contributed by atoms with Crippen molar-refractivity contribution in [3.8, 4) is 0 Å². The van der Waals surface area contributed by atoms with Crippen LogP contribution in [0.15, 0.2) is 0 Å². The number of carbonyl (C=O) groups is 1. The maximum Gasteiger partial charge on any atom is 0.255 e. The predicted octanol–water partition coefficient (Wildman–Crippen LogP) is 1.96. The van der Waals surface area contributed by atoms with Gasteiger partial charge in [-0.05, 0) is 27.2 Å². The number of aryl methyl sites for hydroxylation is 2. The number of aromatic nitrogens is 2. The molecule has 0 fully saturated rings. The van der Waals surface area contributed by atoms with Gasteiger partial charge in [0, 0.05) is 18.8 Å². The zero-order valence-electron chi connectivity index (χ0n) is 10.8. The van der Waals surface area contributed by atoms with Crippen molar-refractivity contribution in [2.75, 3.05) is 0 Å². The van der Waals surface area contributed by atoms with Gasteiger partial charge in [-0.15, -0.1) is 0 Å². The molecule has 1 rings (SSSR count). The number of hydrogen-bond donors (Lipinski definition) is 1. The molecule has 0 spiro atoms. The van der Waals surface area contributed by atoms with E-state index in [4.69, 9.17) is 0 Å². The second-order valence-electron chi connectivity index (χ2n) is 4.33. The summed E-state index contributed by atoms with van der Waals surface area (Å²) in [6.45, 7) is 7.93. The Balaban J connectivity index is 2.80. The summed E-state index contributed by atoms with van der Waals surface area (Å²) in [7, 11) is 1.86. The highest BCUT2D eigenvalue weighted by molar-refractivity contribution is 5.96. The van der Waals surface area contributed by atoms with Crippen LogP contribution in [0, 0.1) is 13.8 Å². The molecule has 4 nitrogen and oxygen atoms in total. The van der Waals surface area contributed by atoms with E-state index in [1.807, 2.05) is 27.8 Å². The Morgan fingerprint density at radius 1 is 1.50 bits per heavy atom. The van der Waals surface area contributed by atoms with Crippen LogP contribution in [0.5, 0.6) is 0 Å². The Bertz CT molecular complexity index is 382. The van der Waals surface area contributed by atoms with Crippen molar-refractivity contribution in [3.05, 3.63) is 17.0 Å². The summed E-state index contributed by atoms with van der Waals surface area (Å²) in [6, 6.07) is 0.219. The van der Waals surface area contributed by atoms with E-state index in [-0.39, 0.29) is 11.9 Å². The van der Waals surface area contributed by atoms with Crippen molar-refractivity contribution in [2.45, 2.75) is 46.6 Å². The zero-order chi connectivity index (χ0) is 12.3.